The maximum Gasteiger partial charge on any atom is 0.237 e. The first-order valence-corrected chi connectivity index (χ1v) is 8.90. The number of nitrogens with one attached hydrogen (secondary N) is 1. The highest BCUT2D eigenvalue weighted by molar-refractivity contribution is 6.08. The Balaban J connectivity index is 1.92. The lowest BCUT2D eigenvalue weighted by atomic mass is 9.73. The van der Waals surface area contributed by atoms with Crippen LogP contribution in [0, 0.1) is 0 Å². The number of hydrogen-bond donors (Lipinski definition) is 2. The molecule has 3 N–H and O–H groups in total. The van der Waals surface area contributed by atoms with Crippen LogP contribution in [0.15, 0.2) is 54.6 Å². The van der Waals surface area contributed by atoms with Crippen molar-refractivity contribution in [1.29, 1.82) is 0 Å². The predicted octanol–water partition coefficient (Wildman–Crippen LogP) is 1.53. The highest BCUT2D eigenvalue weighted by Gasteiger charge is 2.49. The summed E-state index contributed by atoms with van der Waals surface area (Å²) >= 11 is 0. The SMILES string of the molecule is CN1C(=O)[C@](CCC(=O)NCC(N)=O)(Cc2ccccc2)c2ccccc21. The number of rotatable bonds is 7. The molecule has 6 heteroatoms. The standard InChI is InChI=1S/C21H23N3O3/c1-24-17-10-6-5-9-16(17)21(20(24)27,13-15-7-3-2-4-8-15)12-11-19(26)23-14-18(22)25/h2-10H,11-14H2,1H3,(H2,22,25)(H,23,26)/t21-/m1/s1. The van der Waals surface area contributed by atoms with Crippen molar-refractivity contribution in [2.75, 3.05) is 18.5 Å². The van der Waals surface area contributed by atoms with Crippen LogP contribution in [0.4, 0.5) is 5.69 Å². The van der Waals surface area contributed by atoms with Gasteiger partial charge in [0.15, 0.2) is 0 Å². The van der Waals surface area contributed by atoms with Crippen molar-refractivity contribution in [3.63, 3.8) is 0 Å². The fourth-order valence-electron chi connectivity index (χ4n) is 3.76. The summed E-state index contributed by atoms with van der Waals surface area (Å²) in [6.07, 6.45) is 0.998. The first-order valence-electron chi connectivity index (χ1n) is 8.90. The molecule has 3 amide bonds. The van der Waals surface area contributed by atoms with E-state index in [0.29, 0.717) is 12.8 Å². The number of likely N-dealkylation sites (N-methyl/N-ethyl adjacent to an activating group) is 1. The van der Waals surface area contributed by atoms with Crippen LogP contribution in [0.3, 0.4) is 0 Å². The highest BCUT2D eigenvalue weighted by Crippen LogP contribution is 2.46. The van der Waals surface area contributed by atoms with Gasteiger partial charge in [-0.25, -0.2) is 0 Å². The summed E-state index contributed by atoms with van der Waals surface area (Å²) in [6.45, 7) is -0.199. The Morgan fingerprint density at radius 1 is 1.07 bits per heavy atom. The number of carbonyl (C=O) groups is 3. The predicted molar refractivity (Wildman–Crippen MR) is 103 cm³/mol. The summed E-state index contributed by atoms with van der Waals surface area (Å²) in [4.78, 5) is 38.0. The van der Waals surface area contributed by atoms with Crippen LogP contribution in [0.2, 0.25) is 0 Å². The van der Waals surface area contributed by atoms with E-state index in [4.69, 9.17) is 5.73 Å². The normalized spacial score (nSPS) is 18.3. The van der Waals surface area contributed by atoms with Gasteiger partial charge in [-0.15, -0.1) is 0 Å². The second kappa shape index (κ2) is 7.61. The van der Waals surface area contributed by atoms with Crippen molar-refractivity contribution in [2.24, 2.45) is 5.73 Å². The Hall–Kier alpha value is -3.15. The summed E-state index contributed by atoms with van der Waals surface area (Å²) in [5.41, 5.74) is 7.11. The molecule has 0 bridgehead atoms. The van der Waals surface area contributed by atoms with E-state index in [0.717, 1.165) is 16.8 Å². The molecule has 1 atom stereocenters. The molecule has 6 nitrogen and oxygen atoms in total. The van der Waals surface area contributed by atoms with Gasteiger partial charge in [0.2, 0.25) is 17.7 Å². The van der Waals surface area contributed by atoms with Crippen molar-refractivity contribution in [2.45, 2.75) is 24.7 Å². The quantitative estimate of drug-likeness (QED) is 0.779. The fraction of sp³-hybridized carbons (Fsp3) is 0.286. The average Bonchev–Trinajstić information content (AvgIpc) is 2.88. The van der Waals surface area contributed by atoms with E-state index >= 15 is 0 Å². The Bertz CT molecular complexity index is 866. The van der Waals surface area contributed by atoms with Gasteiger partial charge >= 0.3 is 0 Å². The smallest absolute Gasteiger partial charge is 0.237 e. The Kier molecular flexibility index (Phi) is 5.26. The number of nitrogens with zero attached hydrogens (tertiary/aromatic N) is 1. The van der Waals surface area contributed by atoms with Crippen molar-refractivity contribution < 1.29 is 14.4 Å². The topological polar surface area (TPSA) is 92.5 Å². The van der Waals surface area contributed by atoms with E-state index in [1.165, 1.54) is 0 Å². The van der Waals surface area contributed by atoms with Crippen LogP contribution >= 0.6 is 0 Å². The molecular formula is C21H23N3O3. The Labute approximate surface area is 158 Å². The third kappa shape index (κ3) is 3.69. The first kappa shape index (κ1) is 18.6. The number of fused-ring (bicyclic) bond motifs is 1. The Morgan fingerprint density at radius 3 is 2.44 bits per heavy atom. The molecule has 0 aliphatic carbocycles. The summed E-state index contributed by atoms with van der Waals surface area (Å²) in [5, 5.41) is 2.50. The minimum absolute atomic E-state index is 0.0183. The number of primary amides is 1. The van der Waals surface area contributed by atoms with E-state index in [9.17, 15) is 14.4 Å². The van der Waals surface area contributed by atoms with Gasteiger partial charge in [-0.2, -0.15) is 0 Å². The molecule has 2 aromatic rings. The van der Waals surface area contributed by atoms with Crippen LogP contribution < -0.4 is 16.0 Å². The minimum atomic E-state index is -0.809. The Morgan fingerprint density at radius 2 is 1.74 bits per heavy atom. The lowest BCUT2D eigenvalue weighted by Crippen LogP contribution is -2.42. The van der Waals surface area contributed by atoms with Crippen LogP contribution in [-0.4, -0.2) is 31.3 Å². The molecule has 0 aromatic heterocycles. The zero-order valence-corrected chi connectivity index (χ0v) is 15.3. The largest absolute Gasteiger partial charge is 0.368 e. The number of anilines is 1. The zero-order chi connectivity index (χ0) is 19.4. The second-order valence-electron chi connectivity index (χ2n) is 6.87. The fourth-order valence-corrected chi connectivity index (χ4v) is 3.76. The third-order valence-electron chi connectivity index (χ3n) is 5.08. The van der Waals surface area contributed by atoms with Crippen LogP contribution in [-0.2, 0) is 26.2 Å². The number of benzene rings is 2. The van der Waals surface area contributed by atoms with Crippen molar-refractivity contribution in [3.8, 4) is 0 Å². The molecule has 0 fully saturated rings. The lowest BCUT2D eigenvalue weighted by molar-refractivity contribution is -0.126. The van der Waals surface area contributed by atoms with E-state index in [2.05, 4.69) is 5.32 Å². The molecule has 0 spiro atoms. The highest BCUT2D eigenvalue weighted by atomic mass is 16.2. The molecule has 27 heavy (non-hydrogen) atoms. The summed E-state index contributed by atoms with van der Waals surface area (Å²) in [5.74, 6) is -0.902. The minimum Gasteiger partial charge on any atom is -0.368 e. The lowest BCUT2D eigenvalue weighted by Gasteiger charge is -2.28. The number of carbonyl (C=O) groups excluding carboxylic acids is 3. The van der Waals surface area contributed by atoms with E-state index in [1.54, 1.807) is 11.9 Å². The molecule has 0 radical (unpaired) electrons. The molecule has 2 aromatic carbocycles. The third-order valence-corrected chi connectivity index (χ3v) is 5.08. The monoisotopic (exact) mass is 365 g/mol. The molecule has 0 saturated carbocycles. The van der Waals surface area contributed by atoms with Gasteiger partial charge in [0.1, 0.15) is 0 Å². The van der Waals surface area contributed by atoms with Crippen LogP contribution in [0.5, 0.6) is 0 Å². The second-order valence-corrected chi connectivity index (χ2v) is 6.87. The van der Waals surface area contributed by atoms with Gasteiger partial charge in [-0.05, 0) is 30.0 Å². The van der Waals surface area contributed by atoms with E-state index in [-0.39, 0.29) is 24.8 Å². The number of para-hydroxylation sites is 1. The van der Waals surface area contributed by atoms with Crippen LogP contribution in [0.25, 0.3) is 0 Å². The van der Waals surface area contributed by atoms with Crippen molar-refractivity contribution in [1.82, 2.24) is 5.32 Å². The maximum atomic E-state index is 13.3. The zero-order valence-electron chi connectivity index (χ0n) is 15.3. The maximum absolute atomic E-state index is 13.3. The first-order chi connectivity index (χ1) is 12.9. The van der Waals surface area contributed by atoms with Gasteiger partial charge in [0, 0.05) is 19.2 Å². The number of nitrogens with two attached hydrogens (primary N) is 1. The van der Waals surface area contributed by atoms with Crippen LogP contribution in [0.1, 0.15) is 24.0 Å². The van der Waals surface area contributed by atoms with Gasteiger partial charge in [0.05, 0.1) is 12.0 Å². The van der Waals surface area contributed by atoms with Crippen molar-refractivity contribution >= 4 is 23.4 Å². The summed E-state index contributed by atoms with van der Waals surface area (Å²) in [6, 6.07) is 17.5. The van der Waals surface area contributed by atoms with Gasteiger partial charge in [0.25, 0.3) is 0 Å². The number of amides is 3. The van der Waals surface area contributed by atoms with E-state index in [1.807, 2.05) is 54.6 Å². The summed E-state index contributed by atoms with van der Waals surface area (Å²) in [7, 11) is 1.76. The molecule has 140 valence electrons. The van der Waals surface area contributed by atoms with Gasteiger partial charge in [-0.1, -0.05) is 48.5 Å². The molecule has 0 unspecified atom stereocenters. The van der Waals surface area contributed by atoms with Crippen molar-refractivity contribution in [3.05, 3.63) is 65.7 Å². The molecule has 3 rings (SSSR count). The van der Waals surface area contributed by atoms with E-state index < -0.39 is 11.3 Å². The van der Waals surface area contributed by atoms with Gasteiger partial charge in [-0.3, -0.25) is 14.4 Å². The average molecular weight is 365 g/mol. The summed E-state index contributed by atoms with van der Waals surface area (Å²) < 4.78 is 0. The molecule has 1 heterocycles. The molecule has 0 saturated heterocycles. The molecule has 1 aliphatic rings. The van der Waals surface area contributed by atoms with Gasteiger partial charge < -0.3 is 16.0 Å². The molecule has 1 aliphatic heterocycles. The number of hydrogen-bond acceptors (Lipinski definition) is 3. The molecular weight excluding hydrogens is 342 g/mol.